The van der Waals surface area contributed by atoms with Crippen LogP contribution in [0.1, 0.15) is 37.0 Å². The van der Waals surface area contributed by atoms with Gasteiger partial charge < -0.3 is 5.11 Å². The van der Waals surface area contributed by atoms with Crippen molar-refractivity contribution < 1.29 is 18.7 Å². The van der Waals surface area contributed by atoms with Gasteiger partial charge in [0, 0.05) is 12.0 Å². The molecule has 0 aliphatic rings. The minimum atomic E-state index is -3.14. The summed E-state index contributed by atoms with van der Waals surface area (Å²) in [5.41, 5.74) is 0.134. The number of aliphatic carboxylic acids is 1. The van der Waals surface area contributed by atoms with E-state index in [0.29, 0.717) is 0 Å². The number of halogens is 2. The first-order valence-corrected chi connectivity index (χ1v) is 5.75. The maximum atomic E-state index is 14.1. The van der Waals surface area contributed by atoms with Crippen molar-refractivity contribution in [3.63, 3.8) is 0 Å². The first kappa shape index (κ1) is 14.6. The monoisotopic (exact) mass is 256 g/mol. The molecule has 0 fully saturated rings. The van der Waals surface area contributed by atoms with Crippen molar-refractivity contribution in [3.8, 4) is 0 Å². The summed E-state index contributed by atoms with van der Waals surface area (Å²) in [6, 6.07) is 4.42. The highest BCUT2D eigenvalue weighted by atomic mass is 19.3. The van der Waals surface area contributed by atoms with Gasteiger partial charge in [0.1, 0.15) is 0 Å². The molecule has 0 aromatic heterocycles. The Morgan fingerprint density at radius 2 is 1.78 bits per heavy atom. The largest absolute Gasteiger partial charge is 0.481 e. The second-order valence-electron chi connectivity index (χ2n) is 5.37. The zero-order valence-corrected chi connectivity index (χ0v) is 11.1. The zero-order chi connectivity index (χ0) is 14.1. The van der Waals surface area contributed by atoms with Crippen molar-refractivity contribution in [2.45, 2.75) is 40.0 Å². The lowest BCUT2D eigenvalue weighted by atomic mass is 9.84. The van der Waals surface area contributed by atoms with Gasteiger partial charge in [0.05, 0.1) is 5.41 Å². The van der Waals surface area contributed by atoms with Crippen molar-refractivity contribution in [2.24, 2.45) is 5.41 Å². The van der Waals surface area contributed by atoms with E-state index in [9.17, 15) is 13.6 Å². The molecule has 4 heteroatoms. The SMILES string of the molecule is Cc1ccc(C(F)(F)CC(C)(C)C(=O)O)cc1C. The molecule has 18 heavy (non-hydrogen) atoms. The molecule has 0 spiro atoms. The maximum Gasteiger partial charge on any atom is 0.309 e. The second kappa shape index (κ2) is 4.67. The molecule has 1 N–H and O–H groups in total. The molecule has 2 nitrogen and oxygen atoms in total. The standard InChI is InChI=1S/C14H18F2O2/c1-9-5-6-11(7-10(9)2)14(15,16)8-13(3,4)12(17)18/h5-7H,8H2,1-4H3,(H,17,18). The fourth-order valence-corrected chi connectivity index (χ4v) is 1.70. The van der Waals surface area contributed by atoms with Gasteiger partial charge in [-0.05, 0) is 44.9 Å². The Labute approximate surface area is 106 Å². The van der Waals surface area contributed by atoms with Crippen molar-refractivity contribution in [1.82, 2.24) is 0 Å². The van der Waals surface area contributed by atoms with Crippen LogP contribution in [0, 0.1) is 19.3 Å². The topological polar surface area (TPSA) is 37.3 Å². The molecule has 1 rings (SSSR count). The molecule has 100 valence electrons. The molecule has 0 atom stereocenters. The van der Waals surface area contributed by atoms with Gasteiger partial charge in [0.15, 0.2) is 0 Å². The number of hydrogen-bond donors (Lipinski definition) is 1. The van der Waals surface area contributed by atoms with E-state index in [4.69, 9.17) is 5.11 Å². The van der Waals surface area contributed by atoms with Gasteiger partial charge in [-0.25, -0.2) is 8.78 Å². The summed E-state index contributed by atoms with van der Waals surface area (Å²) < 4.78 is 28.1. The minimum Gasteiger partial charge on any atom is -0.481 e. The van der Waals surface area contributed by atoms with Crippen LogP contribution in [0.2, 0.25) is 0 Å². The van der Waals surface area contributed by atoms with Gasteiger partial charge in [0.25, 0.3) is 5.92 Å². The van der Waals surface area contributed by atoms with E-state index in [1.807, 2.05) is 6.92 Å². The Balaban J connectivity index is 3.06. The van der Waals surface area contributed by atoms with E-state index in [0.717, 1.165) is 11.1 Å². The number of carboxylic acid groups (broad SMARTS) is 1. The normalized spacial score (nSPS) is 12.6. The molecule has 1 aromatic rings. The van der Waals surface area contributed by atoms with E-state index in [2.05, 4.69) is 0 Å². The van der Waals surface area contributed by atoms with Crippen LogP contribution in [-0.2, 0) is 10.7 Å². The first-order chi connectivity index (χ1) is 8.06. The molecule has 1 aromatic carbocycles. The Morgan fingerprint density at radius 3 is 2.22 bits per heavy atom. The third-order valence-corrected chi connectivity index (χ3v) is 3.17. The smallest absolute Gasteiger partial charge is 0.309 e. The van der Waals surface area contributed by atoms with Crippen LogP contribution in [0.15, 0.2) is 18.2 Å². The van der Waals surface area contributed by atoms with Crippen LogP contribution in [0.25, 0.3) is 0 Å². The Bertz CT molecular complexity index is 465. The number of alkyl halides is 2. The highest BCUT2D eigenvalue weighted by Gasteiger charge is 2.42. The lowest BCUT2D eigenvalue weighted by Gasteiger charge is -2.26. The highest BCUT2D eigenvalue weighted by molar-refractivity contribution is 5.73. The van der Waals surface area contributed by atoms with Crippen LogP contribution < -0.4 is 0 Å². The summed E-state index contributed by atoms with van der Waals surface area (Å²) in [5, 5.41) is 8.92. The van der Waals surface area contributed by atoms with Crippen molar-refractivity contribution >= 4 is 5.97 Å². The number of aryl methyl sites for hydroxylation is 2. The summed E-state index contributed by atoms with van der Waals surface area (Å²) >= 11 is 0. The molecule has 0 amide bonds. The number of benzene rings is 1. The minimum absolute atomic E-state index is 0.125. The van der Waals surface area contributed by atoms with E-state index >= 15 is 0 Å². The van der Waals surface area contributed by atoms with E-state index < -0.39 is 23.7 Å². The Kier molecular flexibility index (Phi) is 3.79. The van der Waals surface area contributed by atoms with Crippen molar-refractivity contribution in [3.05, 3.63) is 34.9 Å². The average Bonchev–Trinajstić information content (AvgIpc) is 2.20. The van der Waals surface area contributed by atoms with Crippen LogP contribution >= 0.6 is 0 Å². The van der Waals surface area contributed by atoms with Crippen LogP contribution in [0.5, 0.6) is 0 Å². The molecule has 0 heterocycles. The van der Waals surface area contributed by atoms with Gasteiger partial charge in [-0.1, -0.05) is 12.1 Å². The van der Waals surface area contributed by atoms with E-state index in [1.165, 1.54) is 26.0 Å². The summed E-state index contributed by atoms with van der Waals surface area (Å²) in [6.07, 6.45) is -0.710. The van der Waals surface area contributed by atoms with Crippen molar-refractivity contribution in [2.75, 3.05) is 0 Å². The molecule has 0 aliphatic carbocycles. The predicted octanol–water partition coefficient (Wildman–Crippen LogP) is 3.90. The summed E-state index contributed by atoms with van der Waals surface area (Å²) in [5.74, 6) is -4.36. The average molecular weight is 256 g/mol. The first-order valence-electron chi connectivity index (χ1n) is 5.75. The van der Waals surface area contributed by atoms with Crippen LogP contribution in [-0.4, -0.2) is 11.1 Å². The van der Waals surface area contributed by atoms with Gasteiger partial charge in [0.2, 0.25) is 0 Å². The lowest BCUT2D eigenvalue weighted by molar-refractivity contribution is -0.153. The third kappa shape index (κ3) is 3.06. The molecular weight excluding hydrogens is 238 g/mol. The molecule has 0 bridgehead atoms. The number of carboxylic acids is 1. The summed E-state index contributed by atoms with van der Waals surface area (Å²) in [7, 11) is 0. The second-order valence-corrected chi connectivity index (χ2v) is 5.37. The van der Waals surface area contributed by atoms with E-state index in [-0.39, 0.29) is 5.56 Å². The van der Waals surface area contributed by atoms with Crippen molar-refractivity contribution in [1.29, 1.82) is 0 Å². The quantitative estimate of drug-likeness (QED) is 0.887. The third-order valence-electron chi connectivity index (χ3n) is 3.17. The Morgan fingerprint density at radius 1 is 1.22 bits per heavy atom. The predicted molar refractivity (Wildman–Crippen MR) is 65.8 cm³/mol. The number of hydrogen-bond acceptors (Lipinski definition) is 1. The Hall–Kier alpha value is -1.45. The fraction of sp³-hybridized carbons (Fsp3) is 0.500. The molecule has 0 unspecified atom stereocenters. The number of rotatable bonds is 4. The molecule has 0 radical (unpaired) electrons. The fourth-order valence-electron chi connectivity index (χ4n) is 1.70. The molecule has 0 saturated carbocycles. The number of carbonyl (C=O) groups is 1. The summed E-state index contributed by atoms with van der Waals surface area (Å²) in [6.45, 7) is 6.23. The lowest BCUT2D eigenvalue weighted by Crippen LogP contribution is -2.31. The van der Waals surface area contributed by atoms with E-state index in [1.54, 1.807) is 13.0 Å². The maximum absolute atomic E-state index is 14.1. The molecular formula is C14H18F2O2. The zero-order valence-electron chi connectivity index (χ0n) is 11.1. The summed E-state index contributed by atoms with van der Waals surface area (Å²) in [4.78, 5) is 10.9. The molecule has 0 aliphatic heterocycles. The highest BCUT2D eigenvalue weighted by Crippen LogP contribution is 2.40. The van der Waals surface area contributed by atoms with Crippen LogP contribution in [0.3, 0.4) is 0 Å². The van der Waals surface area contributed by atoms with Gasteiger partial charge >= 0.3 is 5.97 Å². The van der Waals surface area contributed by atoms with Gasteiger partial charge in [-0.2, -0.15) is 0 Å². The van der Waals surface area contributed by atoms with Crippen LogP contribution in [0.4, 0.5) is 8.78 Å². The van der Waals surface area contributed by atoms with Gasteiger partial charge in [-0.3, -0.25) is 4.79 Å². The van der Waals surface area contributed by atoms with Gasteiger partial charge in [-0.15, -0.1) is 0 Å². The molecule has 0 saturated heterocycles.